The van der Waals surface area contributed by atoms with Crippen molar-refractivity contribution in [2.24, 2.45) is 0 Å². The second kappa shape index (κ2) is 10.1. The van der Waals surface area contributed by atoms with Crippen molar-refractivity contribution >= 4 is 10.0 Å². The molecule has 0 unspecified atom stereocenters. The normalized spacial score (nSPS) is 23.0. The molecule has 2 aliphatic rings. The average molecular weight is 441 g/mol. The first-order valence-electron chi connectivity index (χ1n) is 10.9. The van der Waals surface area contributed by atoms with E-state index in [1.165, 1.54) is 4.31 Å². The topological polar surface area (TPSA) is 79.3 Å². The maximum atomic E-state index is 13.0. The first-order valence-corrected chi connectivity index (χ1v) is 12.3. The molecule has 3 rings (SSSR count). The number of benzene rings is 1. The summed E-state index contributed by atoms with van der Waals surface area (Å²) in [6, 6.07) is 7.21. The van der Waals surface area contributed by atoms with Crippen LogP contribution in [0, 0.1) is 0 Å². The zero-order valence-corrected chi connectivity index (χ0v) is 19.2. The predicted octanol–water partition coefficient (Wildman–Crippen LogP) is 1.85. The molecule has 0 amide bonds. The van der Waals surface area contributed by atoms with Crippen molar-refractivity contribution in [3.05, 3.63) is 29.8 Å². The van der Waals surface area contributed by atoms with Crippen LogP contribution < -0.4 is 0 Å². The van der Waals surface area contributed by atoms with Crippen LogP contribution in [0.25, 0.3) is 0 Å². The molecule has 30 heavy (non-hydrogen) atoms. The van der Waals surface area contributed by atoms with E-state index < -0.39 is 16.1 Å². The molecule has 7 nitrogen and oxygen atoms in total. The lowest BCUT2D eigenvalue weighted by molar-refractivity contribution is -0.0270. The lowest BCUT2D eigenvalue weighted by Crippen LogP contribution is -2.50. The molecule has 2 aliphatic heterocycles. The number of β-amino-alcohol motifs (C(OH)–C–C–N with tert-alkyl or cyclic N) is 1. The van der Waals surface area contributed by atoms with Gasteiger partial charge >= 0.3 is 0 Å². The van der Waals surface area contributed by atoms with Gasteiger partial charge in [0.2, 0.25) is 10.0 Å². The summed E-state index contributed by atoms with van der Waals surface area (Å²) in [4.78, 5) is 2.43. The molecule has 1 aromatic rings. The number of ether oxygens (including phenoxy) is 2. The van der Waals surface area contributed by atoms with Gasteiger partial charge in [-0.05, 0) is 36.0 Å². The van der Waals surface area contributed by atoms with Crippen LogP contribution in [0.4, 0.5) is 0 Å². The van der Waals surface area contributed by atoms with Gasteiger partial charge in [-0.3, -0.25) is 4.90 Å². The van der Waals surface area contributed by atoms with E-state index in [0.29, 0.717) is 44.2 Å². The SMILES string of the molecule is CC(C)(C)c1ccc(S(=O)(=O)N2CCN(C[C@@H](O)COC[C@@H]3CCCO3)CC2)cc1. The number of nitrogens with zero attached hydrogens (tertiary/aromatic N) is 2. The van der Waals surface area contributed by atoms with Gasteiger partial charge in [-0.1, -0.05) is 32.9 Å². The number of aliphatic hydroxyl groups is 1. The highest BCUT2D eigenvalue weighted by molar-refractivity contribution is 7.89. The first kappa shape index (κ1) is 23.6. The third kappa shape index (κ3) is 6.24. The van der Waals surface area contributed by atoms with Crippen molar-refractivity contribution in [1.29, 1.82) is 0 Å². The summed E-state index contributed by atoms with van der Waals surface area (Å²) in [5, 5.41) is 10.2. The Hall–Kier alpha value is -1.03. The summed E-state index contributed by atoms with van der Waals surface area (Å²) >= 11 is 0. The van der Waals surface area contributed by atoms with Gasteiger partial charge < -0.3 is 14.6 Å². The van der Waals surface area contributed by atoms with Crippen molar-refractivity contribution in [3.63, 3.8) is 0 Å². The molecular weight excluding hydrogens is 404 g/mol. The summed E-state index contributed by atoms with van der Waals surface area (Å²) < 4.78 is 38.6. The monoisotopic (exact) mass is 440 g/mol. The summed E-state index contributed by atoms with van der Waals surface area (Å²) in [5.74, 6) is 0. The first-order chi connectivity index (χ1) is 14.2. The molecule has 0 spiro atoms. The molecule has 2 heterocycles. The van der Waals surface area contributed by atoms with E-state index in [0.717, 1.165) is 25.0 Å². The van der Waals surface area contributed by atoms with Crippen molar-refractivity contribution < 1.29 is 23.0 Å². The van der Waals surface area contributed by atoms with Gasteiger partial charge in [-0.25, -0.2) is 8.42 Å². The van der Waals surface area contributed by atoms with Gasteiger partial charge in [0.1, 0.15) is 0 Å². The summed E-state index contributed by atoms with van der Waals surface area (Å²) in [6.07, 6.45) is 1.67. The van der Waals surface area contributed by atoms with E-state index in [1.54, 1.807) is 12.1 Å². The van der Waals surface area contributed by atoms with E-state index in [2.05, 4.69) is 25.7 Å². The molecule has 0 bridgehead atoms. The quantitative estimate of drug-likeness (QED) is 0.665. The zero-order chi connectivity index (χ0) is 21.8. The minimum Gasteiger partial charge on any atom is -0.389 e. The third-order valence-corrected chi connectivity index (χ3v) is 7.71. The number of aliphatic hydroxyl groups excluding tert-OH is 1. The minimum absolute atomic E-state index is 0.0113. The summed E-state index contributed by atoms with van der Waals surface area (Å²) in [7, 11) is -3.49. The minimum atomic E-state index is -3.49. The highest BCUT2D eigenvalue weighted by Gasteiger charge is 2.29. The maximum Gasteiger partial charge on any atom is 0.243 e. The Morgan fingerprint density at radius 1 is 1.17 bits per heavy atom. The van der Waals surface area contributed by atoms with E-state index in [-0.39, 0.29) is 18.1 Å². The highest BCUT2D eigenvalue weighted by atomic mass is 32.2. The van der Waals surface area contributed by atoms with Gasteiger partial charge in [0.05, 0.1) is 30.3 Å². The Balaban J connectivity index is 1.44. The molecule has 2 saturated heterocycles. The van der Waals surface area contributed by atoms with E-state index in [1.807, 2.05) is 12.1 Å². The fourth-order valence-corrected chi connectivity index (χ4v) is 5.31. The van der Waals surface area contributed by atoms with Gasteiger partial charge in [-0.15, -0.1) is 0 Å². The Morgan fingerprint density at radius 2 is 1.83 bits per heavy atom. The Labute approximate surface area is 181 Å². The van der Waals surface area contributed by atoms with Crippen LogP contribution in [-0.4, -0.2) is 87.5 Å². The number of piperazine rings is 1. The average Bonchev–Trinajstić information content (AvgIpc) is 3.21. The predicted molar refractivity (Wildman–Crippen MR) is 116 cm³/mol. The van der Waals surface area contributed by atoms with E-state index in [9.17, 15) is 13.5 Å². The summed E-state index contributed by atoms with van der Waals surface area (Å²) in [6.45, 7) is 10.5. The lowest BCUT2D eigenvalue weighted by atomic mass is 9.87. The fraction of sp³-hybridized carbons (Fsp3) is 0.727. The second-order valence-electron chi connectivity index (χ2n) is 9.31. The summed E-state index contributed by atoms with van der Waals surface area (Å²) in [5.41, 5.74) is 1.10. The van der Waals surface area contributed by atoms with E-state index >= 15 is 0 Å². The standard InChI is InChI=1S/C22H36N2O5S/c1-22(2,3)18-6-8-21(9-7-18)30(26,27)24-12-10-23(11-13-24)15-19(25)16-28-17-20-5-4-14-29-20/h6-9,19-20,25H,4-5,10-17H2,1-3H3/t19-,20+/m1/s1. The maximum absolute atomic E-state index is 13.0. The van der Waals surface area contributed by atoms with E-state index in [4.69, 9.17) is 9.47 Å². The van der Waals surface area contributed by atoms with Crippen molar-refractivity contribution in [2.45, 2.75) is 56.1 Å². The lowest BCUT2D eigenvalue weighted by Gasteiger charge is -2.35. The molecule has 2 fully saturated rings. The number of hydrogen-bond acceptors (Lipinski definition) is 6. The Morgan fingerprint density at radius 3 is 2.40 bits per heavy atom. The van der Waals surface area contributed by atoms with Crippen LogP contribution in [0.1, 0.15) is 39.2 Å². The Kier molecular flexibility index (Phi) is 7.92. The molecular formula is C22H36N2O5S. The molecule has 0 saturated carbocycles. The molecule has 8 heteroatoms. The fourth-order valence-electron chi connectivity index (χ4n) is 3.89. The van der Waals surface area contributed by atoms with Crippen LogP contribution >= 0.6 is 0 Å². The number of sulfonamides is 1. The molecule has 0 radical (unpaired) electrons. The third-order valence-electron chi connectivity index (χ3n) is 5.80. The van der Waals surface area contributed by atoms with Gasteiger partial charge in [0, 0.05) is 39.3 Å². The number of hydrogen-bond donors (Lipinski definition) is 1. The molecule has 1 aromatic carbocycles. The molecule has 0 aromatic heterocycles. The van der Waals surface area contributed by atoms with Gasteiger partial charge in [0.25, 0.3) is 0 Å². The highest BCUT2D eigenvalue weighted by Crippen LogP contribution is 2.25. The van der Waals surface area contributed by atoms with Crippen LogP contribution in [0.15, 0.2) is 29.2 Å². The van der Waals surface area contributed by atoms with Crippen molar-refractivity contribution in [2.75, 3.05) is 52.5 Å². The smallest absolute Gasteiger partial charge is 0.243 e. The molecule has 170 valence electrons. The molecule has 1 N–H and O–H groups in total. The van der Waals surface area contributed by atoms with Crippen LogP contribution in [-0.2, 0) is 24.9 Å². The largest absolute Gasteiger partial charge is 0.389 e. The van der Waals surface area contributed by atoms with Crippen LogP contribution in [0.5, 0.6) is 0 Å². The Bertz CT molecular complexity index is 762. The van der Waals surface area contributed by atoms with Crippen molar-refractivity contribution in [3.8, 4) is 0 Å². The molecule has 2 atom stereocenters. The molecule has 0 aliphatic carbocycles. The van der Waals surface area contributed by atoms with Crippen molar-refractivity contribution in [1.82, 2.24) is 9.21 Å². The van der Waals surface area contributed by atoms with Crippen LogP contribution in [0.3, 0.4) is 0 Å². The van der Waals surface area contributed by atoms with Gasteiger partial charge in [-0.2, -0.15) is 4.31 Å². The number of rotatable bonds is 8. The van der Waals surface area contributed by atoms with Gasteiger partial charge in [0.15, 0.2) is 0 Å². The van der Waals surface area contributed by atoms with Crippen LogP contribution in [0.2, 0.25) is 0 Å². The zero-order valence-electron chi connectivity index (χ0n) is 18.4. The second-order valence-corrected chi connectivity index (χ2v) is 11.2.